The van der Waals surface area contributed by atoms with Gasteiger partial charge in [0.05, 0.1) is 17.6 Å². The fourth-order valence-corrected chi connectivity index (χ4v) is 4.97. The van der Waals surface area contributed by atoms with Crippen molar-refractivity contribution in [3.63, 3.8) is 0 Å². The molecule has 0 heterocycles. The molecule has 142 valence electrons. The van der Waals surface area contributed by atoms with E-state index < -0.39 is 17.0 Å². The first kappa shape index (κ1) is 18.7. The monoisotopic (exact) mass is 359 g/mol. The Morgan fingerprint density at radius 3 is 2.58 bits per heavy atom. The van der Waals surface area contributed by atoms with Gasteiger partial charge in [-0.05, 0) is 44.1 Å². The minimum absolute atomic E-state index is 0.160. The maximum absolute atomic E-state index is 12.9. The summed E-state index contributed by atoms with van der Waals surface area (Å²) in [5.41, 5.74) is -0.238. The molecule has 0 aliphatic heterocycles. The minimum atomic E-state index is -0.619. The predicted octanol–water partition coefficient (Wildman–Crippen LogP) is 4.21. The van der Waals surface area contributed by atoms with Gasteiger partial charge in [-0.3, -0.25) is 4.79 Å². The Morgan fingerprint density at radius 2 is 1.85 bits per heavy atom. The first-order valence-corrected chi connectivity index (χ1v) is 9.70. The minimum Gasteiger partial charge on any atom is -0.465 e. The molecule has 1 aromatic rings. The van der Waals surface area contributed by atoms with Crippen LogP contribution in [-0.4, -0.2) is 24.2 Å². The van der Waals surface area contributed by atoms with Crippen LogP contribution in [0.2, 0.25) is 0 Å². The van der Waals surface area contributed by atoms with E-state index in [1.165, 1.54) is 0 Å². The van der Waals surface area contributed by atoms with Crippen LogP contribution in [0.3, 0.4) is 0 Å². The van der Waals surface area contributed by atoms with E-state index in [2.05, 4.69) is 12.2 Å². The van der Waals surface area contributed by atoms with Gasteiger partial charge in [-0.2, -0.15) is 0 Å². The summed E-state index contributed by atoms with van der Waals surface area (Å²) in [5.74, 6) is 0.0592. The van der Waals surface area contributed by atoms with Gasteiger partial charge in [-0.25, -0.2) is 4.79 Å². The molecule has 3 rings (SSSR count). The lowest BCUT2D eigenvalue weighted by atomic mass is 9.60. The van der Waals surface area contributed by atoms with E-state index in [9.17, 15) is 9.59 Å². The summed E-state index contributed by atoms with van der Waals surface area (Å²) in [6.07, 6.45) is 4.81. The molecule has 0 radical (unpaired) electrons. The molecule has 5 heteroatoms. The van der Waals surface area contributed by atoms with Crippen molar-refractivity contribution in [2.75, 3.05) is 6.61 Å². The van der Waals surface area contributed by atoms with Crippen molar-refractivity contribution in [3.05, 3.63) is 35.9 Å². The van der Waals surface area contributed by atoms with Gasteiger partial charge in [0, 0.05) is 0 Å². The number of hydrogen-bond acceptors (Lipinski definition) is 4. The average molecular weight is 359 g/mol. The van der Waals surface area contributed by atoms with E-state index in [-0.39, 0.29) is 18.5 Å². The fraction of sp³-hybridized carbons (Fsp3) is 0.619. The van der Waals surface area contributed by atoms with Crippen LogP contribution in [0.25, 0.3) is 0 Å². The second-order valence-electron chi connectivity index (χ2n) is 7.61. The quantitative estimate of drug-likeness (QED) is 0.800. The Bertz CT molecular complexity index is 643. The average Bonchev–Trinajstić information content (AvgIpc) is 2.95. The smallest absolute Gasteiger partial charge is 0.407 e. The van der Waals surface area contributed by atoms with Crippen molar-refractivity contribution in [1.29, 1.82) is 0 Å². The number of carbonyl (C=O) groups is 2. The molecule has 26 heavy (non-hydrogen) atoms. The van der Waals surface area contributed by atoms with Gasteiger partial charge >= 0.3 is 12.1 Å². The van der Waals surface area contributed by atoms with Gasteiger partial charge in [-0.15, -0.1) is 0 Å². The third-order valence-electron chi connectivity index (χ3n) is 6.33. The molecule has 2 aliphatic rings. The van der Waals surface area contributed by atoms with Gasteiger partial charge < -0.3 is 14.8 Å². The SMILES string of the molecule is CCOC(=O)[C@@]12CCCC[C@]1(NC(=O)OCc1ccccc1)[C@@H](C)CC2. The van der Waals surface area contributed by atoms with Crippen molar-refractivity contribution in [1.82, 2.24) is 5.32 Å². The molecule has 1 N–H and O–H groups in total. The predicted molar refractivity (Wildman–Crippen MR) is 98.4 cm³/mol. The maximum Gasteiger partial charge on any atom is 0.407 e. The van der Waals surface area contributed by atoms with Crippen molar-refractivity contribution in [2.24, 2.45) is 11.3 Å². The zero-order valence-corrected chi connectivity index (χ0v) is 15.8. The zero-order chi connectivity index (χ0) is 18.6. The van der Waals surface area contributed by atoms with Crippen molar-refractivity contribution in [3.8, 4) is 0 Å². The lowest BCUT2D eigenvalue weighted by Crippen LogP contribution is -2.64. The number of fused-ring (bicyclic) bond motifs is 1. The van der Waals surface area contributed by atoms with Crippen LogP contribution in [0.4, 0.5) is 4.79 Å². The Kier molecular flexibility index (Phi) is 5.54. The molecule has 2 saturated carbocycles. The topological polar surface area (TPSA) is 64.6 Å². The molecule has 3 atom stereocenters. The lowest BCUT2D eigenvalue weighted by molar-refractivity contribution is -0.163. The van der Waals surface area contributed by atoms with Crippen molar-refractivity contribution in [2.45, 2.75) is 64.5 Å². The van der Waals surface area contributed by atoms with E-state index in [4.69, 9.17) is 9.47 Å². The van der Waals surface area contributed by atoms with Gasteiger partial charge in [0.2, 0.25) is 0 Å². The second-order valence-corrected chi connectivity index (χ2v) is 7.61. The number of ether oxygens (including phenoxy) is 2. The zero-order valence-electron chi connectivity index (χ0n) is 15.8. The standard InChI is InChI=1S/C21H29NO4/c1-3-25-18(23)20-12-7-8-13-21(20,16(2)11-14-20)22-19(24)26-15-17-9-5-4-6-10-17/h4-6,9-10,16H,3,7-8,11-15H2,1-2H3,(H,22,24)/t16-,20-,21-/m0/s1. The summed E-state index contributed by atoms with van der Waals surface area (Å²) in [5, 5.41) is 3.13. The van der Waals surface area contributed by atoms with Crippen molar-refractivity contribution < 1.29 is 19.1 Å². The largest absolute Gasteiger partial charge is 0.465 e. The molecule has 5 nitrogen and oxygen atoms in total. The van der Waals surface area contributed by atoms with Crippen molar-refractivity contribution >= 4 is 12.1 Å². The fourth-order valence-electron chi connectivity index (χ4n) is 4.97. The number of nitrogens with one attached hydrogen (secondary N) is 1. The number of amides is 1. The molecule has 2 fully saturated rings. The van der Waals surface area contributed by atoms with E-state index >= 15 is 0 Å². The Morgan fingerprint density at radius 1 is 1.12 bits per heavy atom. The van der Waals surface area contributed by atoms with Crippen LogP contribution in [-0.2, 0) is 20.9 Å². The maximum atomic E-state index is 12.9. The van der Waals surface area contributed by atoms with Crippen LogP contribution < -0.4 is 5.32 Å². The lowest BCUT2D eigenvalue weighted by Gasteiger charge is -2.49. The van der Waals surface area contributed by atoms with Gasteiger partial charge in [0.25, 0.3) is 0 Å². The van der Waals surface area contributed by atoms with E-state index in [1.807, 2.05) is 37.3 Å². The molecular weight excluding hydrogens is 330 g/mol. The molecule has 1 amide bonds. The highest BCUT2D eigenvalue weighted by Crippen LogP contribution is 2.58. The Balaban J connectivity index is 1.77. The third kappa shape index (κ3) is 3.19. The Hall–Kier alpha value is -2.04. The van der Waals surface area contributed by atoms with Crippen LogP contribution in [0.15, 0.2) is 30.3 Å². The Labute approximate surface area is 155 Å². The van der Waals surface area contributed by atoms with E-state index in [0.717, 1.165) is 44.1 Å². The highest BCUT2D eigenvalue weighted by atomic mass is 16.5. The summed E-state index contributed by atoms with van der Waals surface area (Å²) in [4.78, 5) is 25.5. The first-order valence-electron chi connectivity index (χ1n) is 9.70. The molecule has 0 bridgehead atoms. The molecule has 0 aromatic heterocycles. The summed E-state index contributed by atoms with van der Waals surface area (Å²) in [7, 11) is 0. The van der Waals surface area contributed by atoms with Gasteiger partial charge in [0.1, 0.15) is 6.61 Å². The number of carbonyl (C=O) groups excluding carboxylic acids is 2. The summed E-state index contributed by atoms with van der Waals surface area (Å²) >= 11 is 0. The number of benzene rings is 1. The molecule has 1 aromatic carbocycles. The number of hydrogen-bond donors (Lipinski definition) is 1. The summed E-state index contributed by atoms with van der Waals surface area (Å²) < 4.78 is 10.9. The van der Waals surface area contributed by atoms with E-state index in [1.54, 1.807) is 0 Å². The molecule has 0 saturated heterocycles. The number of rotatable bonds is 5. The van der Waals surface area contributed by atoms with Gasteiger partial charge in [0.15, 0.2) is 0 Å². The van der Waals surface area contributed by atoms with Crippen LogP contribution in [0, 0.1) is 11.3 Å². The van der Waals surface area contributed by atoms with E-state index in [0.29, 0.717) is 6.61 Å². The molecule has 2 aliphatic carbocycles. The molecule has 0 spiro atoms. The van der Waals surface area contributed by atoms with Gasteiger partial charge in [-0.1, -0.05) is 50.1 Å². The summed E-state index contributed by atoms with van der Waals surface area (Å²) in [6.45, 7) is 4.55. The first-order chi connectivity index (χ1) is 12.5. The third-order valence-corrected chi connectivity index (χ3v) is 6.33. The number of alkyl carbamates (subject to hydrolysis) is 1. The highest BCUT2D eigenvalue weighted by molar-refractivity contribution is 5.81. The normalized spacial score (nSPS) is 30.3. The summed E-state index contributed by atoms with van der Waals surface area (Å²) in [6, 6.07) is 9.61. The van der Waals surface area contributed by atoms with Crippen LogP contribution in [0.5, 0.6) is 0 Å². The van der Waals surface area contributed by atoms with Crippen LogP contribution in [0.1, 0.15) is 57.9 Å². The second kappa shape index (κ2) is 7.68. The highest BCUT2D eigenvalue weighted by Gasteiger charge is 2.65. The number of esters is 1. The van der Waals surface area contributed by atoms with Crippen LogP contribution >= 0.6 is 0 Å². The molecule has 0 unspecified atom stereocenters. The molecular formula is C21H29NO4.